The molecule has 0 spiro atoms. The lowest BCUT2D eigenvalue weighted by molar-refractivity contribution is -0.125. The van der Waals surface area contributed by atoms with Crippen molar-refractivity contribution >= 4 is 17.5 Å². The fourth-order valence-corrected chi connectivity index (χ4v) is 6.21. The zero-order valence-corrected chi connectivity index (χ0v) is 19.2. The van der Waals surface area contributed by atoms with Crippen LogP contribution < -0.4 is 5.32 Å². The maximum atomic E-state index is 13.9. The van der Waals surface area contributed by atoms with Crippen LogP contribution in [0.4, 0.5) is 0 Å². The van der Waals surface area contributed by atoms with Crippen molar-refractivity contribution in [3.05, 3.63) is 46.2 Å². The predicted octanol–water partition coefficient (Wildman–Crippen LogP) is 6.13. The van der Waals surface area contributed by atoms with Crippen LogP contribution in [0.15, 0.2) is 24.3 Å². The number of hydrogen-bond acceptors (Lipinski definition) is 2. The van der Waals surface area contributed by atoms with E-state index in [-0.39, 0.29) is 11.8 Å². The Bertz CT molecular complexity index is 907. The summed E-state index contributed by atoms with van der Waals surface area (Å²) in [6, 6.07) is 8.25. The summed E-state index contributed by atoms with van der Waals surface area (Å²) < 4.78 is 2.08. The van der Waals surface area contributed by atoms with Crippen molar-refractivity contribution in [2.75, 3.05) is 0 Å². The molecule has 0 saturated heterocycles. The van der Waals surface area contributed by atoms with Gasteiger partial charge in [-0.15, -0.1) is 0 Å². The molecule has 1 atom stereocenters. The van der Waals surface area contributed by atoms with E-state index in [4.69, 9.17) is 16.7 Å². The van der Waals surface area contributed by atoms with Crippen molar-refractivity contribution in [2.45, 2.75) is 95.4 Å². The maximum absolute atomic E-state index is 13.9. The summed E-state index contributed by atoms with van der Waals surface area (Å²) in [4.78, 5) is 13.9. The number of carbonyl (C=O) groups is 1. The number of rotatable bonds is 5. The Kier molecular flexibility index (Phi) is 6.36. The molecular formula is C26H34ClN3O. The van der Waals surface area contributed by atoms with Gasteiger partial charge in [-0.3, -0.25) is 4.79 Å². The molecule has 166 valence electrons. The third-order valence-corrected chi connectivity index (χ3v) is 7.92. The van der Waals surface area contributed by atoms with Gasteiger partial charge in [-0.25, -0.2) is 4.68 Å². The summed E-state index contributed by atoms with van der Waals surface area (Å²) in [5.41, 5.74) is 4.70. The summed E-state index contributed by atoms with van der Waals surface area (Å²) in [5, 5.41) is 9.24. The Labute approximate surface area is 190 Å². The van der Waals surface area contributed by atoms with Crippen molar-refractivity contribution in [3.8, 4) is 5.69 Å². The van der Waals surface area contributed by atoms with Crippen LogP contribution in [0.5, 0.6) is 0 Å². The van der Waals surface area contributed by atoms with Crippen molar-refractivity contribution in [1.82, 2.24) is 15.1 Å². The first kappa shape index (κ1) is 21.1. The molecule has 0 aliphatic heterocycles. The second-order valence-corrected chi connectivity index (χ2v) is 10.2. The molecule has 31 heavy (non-hydrogen) atoms. The molecule has 1 aromatic heterocycles. The van der Waals surface area contributed by atoms with Gasteiger partial charge in [0.1, 0.15) is 0 Å². The first-order valence-electron chi connectivity index (χ1n) is 12.4. The number of carbonyl (C=O) groups excluding carboxylic acids is 1. The molecule has 2 saturated carbocycles. The molecule has 4 nitrogen and oxygen atoms in total. The molecule has 1 aromatic carbocycles. The first-order valence-corrected chi connectivity index (χ1v) is 12.8. The minimum atomic E-state index is -0.104. The highest BCUT2D eigenvalue weighted by Crippen LogP contribution is 2.41. The lowest BCUT2D eigenvalue weighted by atomic mass is 9.76. The molecular weight excluding hydrogens is 406 g/mol. The fraction of sp³-hybridized carbons (Fsp3) is 0.615. The highest BCUT2D eigenvalue weighted by molar-refractivity contribution is 6.30. The Hall–Kier alpha value is -1.81. The van der Waals surface area contributed by atoms with E-state index in [1.807, 2.05) is 24.3 Å². The van der Waals surface area contributed by atoms with Gasteiger partial charge in [0, 0.05) is 11.1 Å². The number of halogens is 1. The zero-order chi connectivity index (χ0) is 21.2. The number of aromatic nitrogens is 2. The summed E-state index contributed by atoms with van der Waals surface area (Å²) in [6.45, 7) is 0. The van der Waals surface area contributed by atoms with Crippen molar-refractivity contribution in [2.24, 2.45) is 5.92 Å². The highest BCUT2D eigenvalue weighted by Gasteiger charge is 2.38. The zero-order valence-electron chi connectivity index (χ0n) is 18.4. The van der Waals surface area contributed by atoms with Crippen molar-refractivity contribution in [3.63, 3.8) is 0 Å². The largest absolute Gasteiger partial charge is 0.353 e. The number of amides is 1. The monoisotopic (exact) mass is 439 g/mol. The normalized spacial score (nSPS) is 21.1. The van der Waals surface area contributed by atoms with E-state index in [1.54, 1.807) is 0 Å². The second kappa shape index (κ2) is 9.36. The number of nitrogens with zero attached hydrogens (tertiary/aromatic N) is 2. The number of nitrogens with one attached hydrogen (secondary N) is 1. The van der Waals surface area contributed by atoms with Gasteiger partial charge >= 0.3 is 0 Å². The van der Waals surface area contributed by atoms with E-state index in [0.29, 0.717) is 12.0 Å². The first-order chi connectivity index (χ1) is 15.2. The lowest BCUT2D eigenvalue weighted by Crippen LogP contribution is -2.42. The predicted molar refractivity (Wildman–Crippen MR) is 125 cm³/mol. The van der Waals surface area contributed by atoms with Crippen molar-refractivity contribution in [1.29, 1.82) is 0 Å². The molecule has 5 rings (SSSR count). The third-order valence-electron chi connectivity index (χ3n) is 7.67. The van der Waals surface area contributed by atoms with Gasteiger partial charge in [0.2, 0.25) is 5.91 Å². The van der Waals surface area contributed by atoms with Gasteiger partial charge in [-0.05, 0) is 80.7 Å². The molecule has 2 fully saturated rings. The lowest BCUT2D eigenvalue weighted by Gasteiger charge is -2.33. The average Bonchev–Trinajstić information content (AvgIpc) is 3.39. The van der Waals surface area contributed by atoms with Crippen LogP contribution >= 0.6 is 11.6 Å². The molecule has 1 N–H and O–H groups in total. The van der Waals surface area contributed by atoms with Crippen LogP contribution in [-0.2, 0) is 17.6 Å². The van der Waals surface area contributed by atoms with Gasteiger partial charge in [0.25, 0.3) is 0 Å². The third kappa shape index (κ3) is 4.41. The highest BCUT2D eigenvalue weighted by atomic mass is 35.5. The molecule has 1 heterocycles. The quantitative estimate of drug-likeness (QED) is 0.609. The van der Waals surface area contributed by atoms with Gasteiger partial charge in [0.05, 0.1) is 23.0 Å². The summed E-state index contributed by atoms with van der Waals surface area (Å²) in [5.74, 6) is 0.542. The maximum Gasteiger partial charge on any atom is 0.229 e. The van der Waals surface area contributed by atoms with Crippen LogP contribution in [0, 0.1) is 5.92 Å². The van der Waals surface area contributed by atoms with Crippen molar-refractivity contribution < 1.29 is 4.79 Å². The summed E-state index contributed by atoms with van der Waals surface area (Å²) in [6.07, 6.45) is 15.3. The number of aryl methyl sites for hydroxylation is 1. The fourth-order valence-electron chi connectivity index (χ4n) is 6.08. The van der Waals surface area contributed by atoms with E-state index >= 15 is 0 Å². The summed E-state index contributed by atoms with van der Waals surface area (Å²) >= 11 is 6.16. The molecule has 0 radical (unpaired) electrons. The number of hydrogen-bond donors (Lipinski definition) is 1. The van der Waals surface area contributed by atoms with Gasteiger partial charge in [-0.2, -0.15) is 5.10 Å². The van der Waals surface area contributed by atoms with Crippen LogP contribution in [-0.4, -0.2) is 21.7 Å². The Balaban J connectivity index is 1.55. The minimum absolute atomic E-state index is 0.104. The second-order valence-electron chi connectivity index (χ2n) is 9.77. The molecule has 0 bridgehead atoms. The number of fused-ring (bicyclic) bond motifs is 1. The van der Waals surface area contributed by atoms with Gasteiger partial charge in [0.15, 0.2) is 0 Å². The van der Waals surface area contributed by atoms with E-state index in [2.05, 4.69) is 10.00 Å². The standard InChI is InChI=1S/C26H34ClN3O/c27-19-14-16-21(17-15-19)30-25(22-12-7-13-23(22)29-30)24(18-8-3-1-4-9-18)26(31)28-20-10-5-2-6-11-20/h14-18,20,24H,1-13H2,(H,28,31). The molecule has 1 amide bonds. The molecule has 1 unspecified atom stereocenters. The van der Waals surface area contributed by atoms with Crippen LogP contribution in [0.25, 0.3) is 5.69 Å². The van der Waals surface area contributed by atoms with E-state index in [1.165, 1.54) is 49.8 Å². The summed E-state index contributed by atoms with van der Waals surface area (Å²) in [7, 11) is 0. The van der Waals surface area contributed by atoms with Crippen LogP contribution in [0.2, 0.25) is 5.02 Å². The average molecular weight is 440 g/mol. The Morgan fingerprint density at radius 2 is 1.61 bits per heavy atom. The molecule has 5 heteroatoms. The molecule has 3 aliphatic carbocycles. The molecule has 2 aromatic rings. The van der Waals surface area contributed by atoms with E-state index < -0.39 is 0 Å². The van der Waals surface area contributed by atoms with Gasteiger partial charge < -0.3 is 5.32 Å². The van der Waals surface area contributed by atoms with E-state index in [0.717, 1.165) is 61.3 Å². The minimum Gasteiger partial charge on any atom is -0.353 e. The van der Waals surface area contributed by atoms with Crippen LogP contribution in [0.1, 0.15) is 93.5 Å². The Morgan fingerprint density at radius 1 is 0.935 bits per heavy atom. The topological polar surface area (TPSA) is 46.9 Å². The smallest absolute Gasteiger partial charge is 0.229 e. The van der Waals surface area contributed by atoms with Crippen LogP contribution in [0.3, 0.4) is 0 Å². The molecule has 3 aliphatic rings. The number of benzene rings is 1. The van der Waals surface area contributed by atoms with Gasteiger partial charge in [-0.1, -0.05) is 50.1 Å². The SMILES string of the molecule is O=C(NC1CCCCC1)C(c1c2c(nn1-c1ccc(Cl)cc1)CCC2)C1CCCCC1. The Morgan fingerprint density at radius 3 is 2.32 bits per heavy atom. The van der Waals surface area contributed by atoms with E-state index in [9.17, 15) is 4.79 Å².